The first kappa shape index (κ1) is 20.6. The van der Waals surface area contributed by atoms with Crippen molar-refractivity contribution in [3.05, 3.63) is 54.5 Å². The molecule has 0 bridgehead atoms. The fourth-order valence-electron chi connectivity index (χ4n) is 4.46. The number of aryl methyl sites for hydroxylation is 2. The number of pyridine rings is 1. The summed E-state index contributed by atoms with van der Waals surface area (Å²) in [5.74, 6) is 0. The second-order valence-corrected chi connectivity index (χ2v) is 9.88. The highest BCUT2D eigenvalue weighted by atomic mass is 32.2. The van der Waals surface area contributed by atoms with E-state index in [2.05, 4.69) is 44.0 Å². The number of nitrogens with one attached hydrogen (secondary N) is 1. The van der Waals surface area contributed by atoms with Gasteiger partial charge in [0.25, 0.3) is 10.0 Å². The Labute approximate surface area is 187 Å². The number of aromatic nitrogens is 4. The van der Waals surface area contributed by atoms with Crippen LogP contribution in [0.25, 0.3) is 22.2 Å². The minimum atomic E-state index is -3.83. The molecule has 0 radical (unpaired) electrons. The fraction of sp³-hybridized carbons (Fsp3) is 0.304. The Hall–Kier alpha value is -3.33. The van der Waals surface area contributed by atoms with E-state index in [1.807, 2.05) is 18.5 Å². The number of rotatable bonds is 5. The third-order valence-electron chi connectivity index (χ3n) is 6.18. The summed E-state index contributed by atoms with van der Waals surface area (Å²) in [5.41, 5.74) is 5.46. The third-order valence-corrected chi connectivity index (χ3v) is 7.44. The molecule has 8 nitrogen and oxygen atoms in total. The van der Waals surface area contributed by atoms with E-state index in [1.54, 1.807) is 25.5 Å². The van der Waals surface area contributed by atoms with Crippen LogP contribution in [0, 0.1) is 6.92 Å². The molecule has 3 aromatic heterocycles. The van der Waals surface area contributed by atoms with E-state index in [9.17, 15) is 8.42 Å². The van der Waals surface area contributed by atoms with Gasteiger partial charge in [0.15, 0.2) is 5.03 Å². The number of fused-ring (bicyclic) bond motifs is 1. The van der Waals surface area contributed by atoms with Gasteiger partial charge in [0.05, 0.1) is 11.1 Å². The SMILES string of the molecule is Cc1c(-c2cccc(N3CCCC3)c2)c2c(NS(=O)(=O)c3ccn(C)n3)ccnc2n1C. The van der Waals surface area contributed by atoms with Crippen LogP contribution in [0.2, 0.25) is 0 Å². The van der Waals surface area contributed by atoms with E-state index in [1.165, 1.54) is 29.3 Å². The summed E-state index contributed by atoms with van der Waals surface area (Å²) in [4.78, 5) is 6.95. The smallest absolute Gasteiger partial charge is 0.281 e. The van der Waals surface area contributed by atoms with Gasteiger partial charge in [0.1, 0.15) is 5.65 Å². The van der Waals surface area contributed by atoms with Crippen molar-refractivity contribution in [1.29, 1.82) is 0 Å². The third kappa shape index (κ3) is 3.42. The van der Waals surface area contributed by atoms with Gasteiger partial charge in [0.2, 0.25) is 0 Å². The Balaban J connectivity index is 1.66. The number of hydrogen-bond donors (Lipinski definition) is 1. The van der Waals surface area contributed by atoms with Gasteiger partial charge in [-0.15, -0.1) is 0 Å². The highest BCUT2D eigenvalue weighted by Crippen LogP contribution is 2.39. The normalized spacial score (nSPS) is 14.4. The molecule has 5 rings (SSSR count). The molecule has 0 amide bonds. The van der Waals surface area contributed by atoms with Crippen molar-refractivity contribution in [3.63, 3.8) is 0 Å². The number of benzene rings is 1. The Morgan fingerprint density at radius 1 is 1.06 bits per heavy atom. The lowest BCUT2D eigenvalue weighted by molar-refractivity contribution is 0.593. The maximum Gasteiger partial charge on any atom is 0.281 e. The van der Waals surface area contributed by atoms with E-state index in [4.69, 9.17) is 0 Å². The first-order chi connectivity index (χ1) is 15.3. The molecule has 0 saturated carbocycles. The first-order valence-electron chi connectivity index (χ1n) is 10.7. The summed E-state index contributed by atoms with van der Waals surface area (Å²) >= 11 is 0. The van der Waals surface area contributed by atoms with Crippen LogP contribution < -0.4 is 9.62 Å². The van der Waals surface area contributed by atoms with Crippen molar-refractivity contribution in [2.24, 2.45) is 14.1 Å². The Morgan fingerprint density at radius 3 is 2.56 bits per heavy atom. The van der Waals surface area contributed by atoms with Crippen molar-refractivity contribution in [1.82, 2.24) is 19.3 Å². The van der Waals surface area contributed by atoms with Gasteiger partial charge in [-0.05, 0) is 49.6 Å². The van der Waals surface area contributed by atoms with Gasteiger partial charge in [0, 0.05) is 56.5 Å². The van der Waals surface area contributed by atoms with Crippen molar-refractivity contribution >= 4 is 32.4 Å². The average molecular weight is 451 g/mol. The summed E-state index contributed by atoms with van der Waals surface area (Å²) in [6.07, 6.45) is 5.66. The van der Waals surface area contributed by atoms with Crippen molar-refractivity contribution in [2.45, 2.75) is 24.8 Å². The number of anilines is 2. The van der Waals surface area contributed by atoms with Crippen molar-refractivity contribution in [2.75, 3.05) is 22.7 Å². The van der Waals surface area contributed by atoms with Gasteiger partial charge in [-0.25, -0.2) is 4.98 Å². The number of sulfonamides is 1. The quantitative estimate of drug-likeness (QED) is 0.501. The molecule has 1 aliphatic rings. The second-order valence-electron chi connectivity index (χ2n) is 8.25. The van der Waals surface area contributed by atoms with Crippen LogP contribution in [0.5, 0.6) is 0 Å². The van der Waals surface area contributed by atoms with Crippen LogP contribution in [-0.2, 0) is 24.1 Å². The van der Waals surface area contributed by atoms with Crippen molar-refractivity contribution < 1.29 is 8.42 Å². The van der Waals surface area contributed by atoms with Gasteiger partial charge < -0.3 is 9.47 Å². The predicted octanol–water partition coefficient (Wildman–Crippen LogP) is 3.68. The first-order valence-corrected chi connectivity index (χ1v) is 12.2. The maximum absolute atomic E-state index is 13.0. The van der Waals surface area contributed by atoms with Gasteiger partial charge in [-0.3, -0.25) is 9.40 Å². The zero-order valence-corrected chi connectivity index (χ0v) is 19.2. The fourth-order valence-corrected chi connectivity index (χ4v) is 5.51. The molecular weight excluding hydrogens is 424 g/mol. The van der Waals surface area contributed by atoms with Crippen LogP contribution in [0.1, 0.15) is 18.5 Å². The molecule has 0 atom stereocenters. The minimum absolute atomic E-state index is 0.0183. The summed E-state index contributed by atoms with van der Waals surface area (Å²) < 4.78 is 32.2. The van der Waals surface area contributed by atoms with E-state index >= 15 is 0 Å². The minimum Gasteiger partial charge on any atom is -0.372 e. The highest BCUT2D eigenvalue weighted by molar-refractivity contribution is 7.92. The molecule has 9 heteroatoms. The number of nitrogens with zero attached hydrogens (tertiary/aromatic N) is 5. The zero-order valence-electron chi connectivity index (χ0n) is 18.4. The summed E-state index contributed by atoms with van der Waals surface area (Å²) in [5, 5.41) is 4.82. The van der Waals surface area contributed by atoms with Crippen LogP contribution in [0.3, 0.4) is 0 Å². The lowest BCUT2D eigenvalue weighted by atomic mass is 10.0. The molecule has 1 aliphatic heterocycles. The van der Waals surface area contributed by atoms with E-state index < -0.39 is 10.0 Å². The molecule has 1 aromatic carbocycles. The lowest BCUT2D eigenvalue weighted by Crippen LogP contribution is -2.17. The summed E-state index contributed by atoms with van der Waals surface area (Å²) in [7, 11) is -0.191. The van der Waals surface area contributed by atoms with E-state index in [-0.39, 0.29) is 5.03 Å². The van der Waals surface area contributed by atoms with Gasteiger partial charge >= 0.3 is 0 Å². The standard InChI is InChI=1S/C23H26N6O2S/c1-16-21(17-7-6-8-18(15-17)29-12-4-5-13-29)22-19(9-11-24-23(22)28(16)3)26-32(30,31)20-10-14-27(2)25-20/h6-11,14-15H,4-5,12-13H2,1-3H3,(H,24,26). The molecule has 0 aliphatic carbocycles. The Morgan fingerprint density at radius 2 is 1.84 bits per heavy atom. The topological polar surface area (TPSA) is 85.1 Å². The molecule has 1 saturated heterocycles. The summed E-state index contributed by atoms with van der Waals surface area (Å²) in [6, 6.07) is 11.7. The monoisotopic (exact) mass is 450 g/mol. The van der Waals surface area contributed by atoms with Crippen LogP contribution in [-0.4, -0.2) is 40.8 Å². The van der Waals surface area contributed by atoms with Crippen LogP contribution in [0.4, 0.5) is 11.4 Å². The summed E-state index contributed by atoms with van der Waals surface area (Å²) in [6.45, 7) is 4.17. The molecule has 166 valence electrons. The molecular formula is C23H26N6O2S. The second kappa shape index (κ2) is 7.67. The van der Waals surface area contributed by atoms with E-state index in [0.29, 0.717) is 5.69 Å². The van der Waals surface area contributed by atoms with Gasteiger partial charge in [-0.1, -0.05) is 12.1 Å². The Kier molecular flexibility index (Phi) is 4.93. The zero-order chi connectivity index (χ0) is 22.5. The number of hydrogen-bond acceptors (Lipinski definition) is 5. The Bertz CT molecular complexity index is 1410. The molecule has 1 N–H and O–H groups in total. The highest BCUT2D eigenvalue weighted by Gasteiger charge is 2.23. The van der Waals surface area contributed by atoms with Crippen LogP contribution in [0.15, 0.2) is 53.8 Å². The molecule has 4 heterocycles. The lowest BCUT2D eigenvalue weighted by Gasteiger charge is -2.18. The van der Waals surface area contributed by atoms with Crippen LogP contribution >= 0.6 is 0 Å². The van der Waals surface area contributed by atoms with Gasteiger partial charge in [-0.2, -0.15) is 13.5 Å². The molecule has 32 heavy (non-hydrogen) atoms. The predicted molar refractivity (Wildman–Crippen MR) is 126 cm³/mol. The molecule has 1 fully saturated rings. The van der Waals surface area contributed by atoms with Crippen molar-refractivity contribution in [3.8, 4) is 11.1 Å². The molecule has 0 spiro atoms. The largest absolute Gasteiger partial charge is 0.372 e. The molecule has 4 aromatic rings. The molecule has 0 unspecified atom stereocenters. The van der Waals surface area contributed by atoms with E-state index in [0.717, 1.165) is 40.9 Å². The maximum atomic E-state index is 13.0. The average Bonchev–Trinajstić information content (AvgIpc) is 3.51.